The van der Waals surface area contributed by atoms with Crippen LogP contribution in [-0.4, -0.2) is 43.4 Å². The van der Waals surface area contributed by atoms with Crippen molar-refractivity contribution in [3.05, 3.63) is 29.3 Å². The van der Waals surface area contributed by atoms with Gasteiger partial charge in [0.05, 0.1) is 12.7 Å². The van der Waals surface area contributed by atoms with Crippen molar-refractivity contribution in [1.82, 2.24) is 14.8 Å². The van der Waals surface area contributed by atoms with Gasteiger partial charge in [0.15, 0.2) is 11.0 Å². The number of benzene rings is 1. The zero-order valence-corrected chi connectivity index (χ0v) is 12.6. The van der Waals surface area contributed by atoms with Crippen LogP contribution in [0.4, 0.5) is 0 Å². The first-order chi connectivity index (χ1) is 9.65. The lowest BCUT2D eigenvalue weighted by atomic mass is 10.2. The predicted octanol–water partition coefficient (Wildman–Crippen LogP) is 2.06. The molecule has 0 saturated carbocycles. The van der Waals surface area contributed by atoms with E-state index in [1.54, 1.807) is 0 Å². The highest BCUT2D eigenvalue weighted by molar-refractivity contribution is 7.99. The molecule has 0 radical (unpaired) electrons. The first-order valence-electron chi connectivity index (χ1n) is 6.26. The second-order valence-electron chi connectivity index (χ2n) is 4.21. The molecule has 20 heavy (non-hydrogen) atoms. The first kappa shape index (κ1) is 15.3. The zero-order valence-electron chi connectivity index (χ0n) is 11.0. The Morgan fingerprint density at radius 3 is 2.85 bits per heavy atom. The van der Waals surface area contributed by atoms with E-state index in [1.807, 2.05) is 35.8 Å². The van der Waals surface area contributed by atoms with Gasteiger partial charge in [0.2, 0.25) is 0 Å². The summed E-state index contributed by atoms with van der Waals surface area (Å²) < 4.78 is 1.96. The van der Waals surface area contributed by atoms with E-state index in [0.717, 1.165) is 16.5 Å². The molecule has 2 N–H and O–H groups in total. The third kappa shape index (κ3) is 3.52. The normalized spacial score (nSPS) is 12.6. The molecule has 0 aliphatic rings. The largest absolute Gasteiger partial charge is 0.394 e. The van der Waals surface area contributed by atoms with Crippen molar-refractivity contribution in [3.8, 4) is 11.4 Å². The Labute approximate surface area is 126 Å². The third-order valence-electron chi connectivity index (χ3n) is 2.73. The molecule has 0 bridgehead atoms. The number of hydrogen-bond acceptors (Lipinski definition) is 5. The Balaban J connectivity index is 2.25. The van der Waals surface area contributed by atoms with Gasteiger partial charge in [-0.1, -0.05) is 35.5 Å². The molecule has 0 aliphatic carbocycles. The summed E-state index contributed by atoms with van der Waals surface area (Å²) in [4.78, 5) is 0. The fraction of sp³-hybridized carbons (Fsp3) is 0.385. The van der Waals surface area contributed by atoms with Crippen LogP contribution in [-0.2, 0) is 6.54 Å². The van der Waals surface area contributed by atoms with Crippen LogP contribution >= 0.6 is 23.4 Å². The van der Waals surface area contributed by atoms with E-state index in [9.17, 15) is 5.11 Å². The maximum Gasteiger partial charge on any atom is 0.191 e. The molecule has 7 heteroatoms. The van der Waals surface area contributed by atoms with E-state index in [0.29, 0.717) is 17.3 Å². The van der Waals surface area contributed by atoms with E-state index < -0.39 is 6.10 Å². The van der Waals surface area contributed by atoms with E-state index >= 15 is 0 Å². The zero-order chi connectivity index (χ0) is 14.5. The van der Waals surface area contributed by atoms with Crippen LogP contribution in [0.1, 0.15) is 6.92 Å². The standard InChI is InChI=1S/C13H16ClN3O2S/c1-2-17-12(9-4-3-5-10(14)6-9)15-16-13(17)20-8-11(19)7-18/h3-6,11,18-19H,2,7-8H2,1H3. The molecule has 2 rings (SSSR count). The minimum absolute atomic E-state index is 0.256. The Morgan fingerprint density at radius 1 is 1.40 bits per heavy atom. The van der Waals surface area contributed by atoms with Crippen LogP contribution in [0.5, 0.6) is 0 Å². The SMILES string of the molecule is CCn1c(SCC(O)CO)nnc1-c1cccc(Cl)c1. The van der Waals surface area contributed by atoms with Crippen molar-refractivity contribution in [2.45, 2.75) is 24.7 Å². The summed E-state index contributed by atoms with van der Waals surface area (Å²) in [7, 11) is 0. The smallest absolute Gasteiger partial charge is 0.191 e. The minimum atomic E-state index is -0.753. The lowest BCUT2D eigenvalue weighted by molar-refractivity contribution is 0.113. The van der Waals surface area contributed by atoms with E-state index in [2.05, 4.69) is 10.2 Å². The monoisotopic (exact) mass is 313 g/mol. The molecule has 0 aliphatic heterocycles. The Hall–Kier alpha value is -1.08. The Morgan fingerprint density at radius 2 is 2.20 bits per heavy atom. The summed E-state index contributed by atoms with van der Waals surface area (Å²) in [6, 6.07) is 7.45. The molecule has 0 amide bonds. The summed E-state index contributed by atoms with van der Waals surface area (Å²) >= 11 is 7.37. The van der Waals surface area contributed by atoms with Gasteiger partial charge in [-0.25, -0.2) is 0 Å². The van der Waals surface area contributed by atoms with Crippen molar-refractivity contribution in [3.63, 3.8) is 0 Å². The van der Waals surface area contributed by atoms with E-state index in [1.165, 1.54) is 11.8 Å². The lowest BCUT2D eigenvalue weighted by Crippen LogP contribution is -2.15. The number of halogens is 1. The molecule has 0 spiro atoms. The Bertz CT molecular complexity index is 576. The summed E-state index contributed by atoms with van der Waals surface area (Å²) in [5.74, 6) is 1.13. The lowest BCUT2D eigenvalue weighted by Gasteiger charge is -2.09. The minimum Gasteiger partial charge on any atom is -0.394 e. The second kappa shape index (κ2) is 7.08. The highest BCUT2D eigenvalue weighted by Crippen LogP contribution is 2.26. The number of aliphatic hydroxyl groups excluding tert-OH is 2. The maximum absolute atomic E-state index is 9.40. The van der Waals surface area contributed by atoms with Crippen LogP contribution in [0.25, 0.3) is 11.4 Å². The number of thioether (sulfide) groups is 1. The summed E-state index contributed by atoms with van der Waals surface area (Å²) in [6.45, 7) is 2.46. The van der Waals surface area contributed by atoms with Crippen LogP contribution in [0.2, 0.25) is 5.02 Å². The van der Waals surface area contributed by atoms with Gasteiger partial charge in [-0.3, -0.25) is 0 Å². The molecule has 0 saturated heterocycles. The molecule has 1 unspecified atom stereocenters. The molecule has 1 aromatic heterocycles. The van der Waals surface area contributed by atoms with Gasteiger partial charge in [0.1, 0.15) is 0 Å². The molecule has 1 heterocycles. The van der Waals surface area contributed by atoms with Crippen LogP contribution in [0, 0.1) is 0 Å². The highest BCUT2D eigenvalue weighted by atomic mass is 35.5. The molecular formula is C13H16ClN3O2S. The van der Waals surface area contributed by atoms with Gasteiger partial charge in [-0.05, 0) is 19.1 Å². The van der Waals surface area contributed by atoms with Crippen molar-refractivity contribution in [1.29, 1.82) is 0 Å². The topological polar surface area (TPSA) is 71.2 Å². The van der Waals surface area contributed by atoms with Gasteiger partial charge < -0.3 is 14.8 Å². The average Bonchev–Trinajstić information content (AvgIpc) is 2.87. The van der Waals surface area contributed by atoms with Crippen molar-refractivity contribution < 1.29 is 10.2 Å². The molecule has 108 valence electrons. The number of aromatic nitrogens is 3. The van der Waals surface area contributed by atoms with Crippen molar-refractivity contribution >= 4 is 23.4 Å². The van der Waals surface area contributed by atoms with Gasteiger partial charge in [-0.2, -0.15) is 0 Å². The predicted molar refractivity (Wildman–Crippen MR) is 80.0 cm³/mol. The second-order valence-corrected chi connectivity index (χ2v) is 5.63. The van der Waals surface area contributed by atoms with Crippen LogP contribution < -0.4 is 0 Å². The van der Waals surface area contributed by atoms with Crippen molar-refractivity contribution in [2.75, 3.05) is 12.4 Å². The van der Waals surface area contributed by atoms with Crippen molar-refractivity contribution in [2.24, 2.45) is 0 Å². The Kier molecular flexibility index (Phi) is 5.42. The highest BCUT2D eigenvalue weighted by Gasteiger charge is 2.14. The van der Waals surface area contributed by atoms with Crippen LogP contribution in [0.15, 0.2) is 29.4 Å². The molecule has 0 fully saturated rings. The quantitative estimate of drug-likeness (QED) is 0.799. The number of aliphatic hydroxyl groups is 2. The maximum atomic E-state index is 9.40. The van der Waals surface area contributed by atoms with Gasteiger partial charge in [0, 0.05) is 22.9 Å². The number of hydrogen-bond donors (Lipinski definition) is 2. The number of rotatable bonds is 6. The molecule has 2 aromatic rings. The molecule has 1 aromatic carbocycles. The summed E-state index contributed by atoms with van der Waals surface area (Å²) in [6.07, 6.45) is -0.753. The molecule has 1 atom stereocenters. The first-order valence-corrected chi connectivity index (χ1v) is 7.63. The third-order valence-corrected chi connectivity index (χ3v) is 4.08. The van der Waals surface area contributed by atoms with Gasteiger partial charge in [-0.15, -0.1) is 10.2 Å². The fourth-order valence-electron chi connectivity index (χ4n) is 1.75. The summed E-state index contributed by atoms with van der Waals surface area (Å²) in [5, 5.41) is 27.9. The molecular weight excluding hydrogens is 298 g/mol. The molecule has 5 nitrogen and oxygen atoms in total. The van der Waals surface area contributed by atoms with Gasteiger partial charge >= 0.3 is 0 Å². The van der Waals surface area contributed by atoms with E-state index in [4.69, 9.17) is 16.7 Å². The van der Waals surface area contributed by atoms with E-state index in [-0.39, 0.29) is 6.61 Å². The summed E-state index contributed by atoms with van der Waals surface area (Å²) in [5.41, 5.74) is 0.904. The average molecular weight is 314 g/mol. The van der Waals surface area contributed by atoms with Crippen LogP contribution in [0.3, 0.4) is 0 Å². The van der Waals surface area contributed by atoms with Gasteiger partial charge in [0.25, 0.3) is 0 Å². The number of nitrogens with zero attached hydrogens (tertiary/aromatic N) is 3. The fourth-order valence-corrected chi connectivity index (χ4v) is 2.85.